The van der Waals surface area contributed by atoms with Gasteiger partial charge in [-0.3, -0.25) is 9.78 Å². The fourth-order valence-corrected chi connectivity index (χ4v) is 2.83. The van der Waals surface area contributed by atoms with Crippen LogP contribution in [0.15, 0.2) is 79.0 Å². The summed E-state index contributed by atoms with van der Waals surface area (Å²) < 4.78 is 0. The van der Waals surface area contributed by atoms with Gasteiger partial charge >= 0.3 is 0 Å². The van der Waals surface area contributed by atoms with Gasteiger partial charge in [-0.2, -0.15) is 0 Å². The van der Waals surface area contributed by atoms with E-state index in [1.54, 1.807) is 25.4 Å². The number of nitrogens with zero attached hydrogens (tertiary/aromatic N) is 1. The second-order valence-corrected chi connectivity index (χ2v) is 5.42. The van der Waals surface area contributed by atoms with Crippen LogP contribution in [-0.4, -0.2) is 23.0 Å². The number of nitrogens with one attached hydrogen (secondary N) is 1. The van der Waals surface area contributed by atoms with Crippen molar-refractivity contribution in [2.45, 2.75) is 5.60 Å². The smallest absolute Gasteiger partial charge is 0.270 e. The van der Waals surface area contributed by atoms with Gasteiger partial charge in [-0.25, -0.2) is 0 Å². The van der Waals surface area contributed by atoms with Gasteiger partial charge in [-0.05, 0) is 17.2 Å². The molecule has 1 heterocycles. The molecule has 1 amide bonds. The summed E-state index contributed by atoms with van der Waals surface area (Å²) >= 11 is 0. The zero-order chi connectivity index (χ0) is 17.0. The van der Waals surface area contributed by atoms with E-state index < -0.39 is 5.60 Å². The first-order chi connectivity index (χ1) is 11.7. The van der Waals surface area contributed by atoms with Gasteiger partial charge in [-0.1, -0.05) is 66.7 Å². The van der Waals surface area contributed by atoms with Crippen LogP contribution in [0, 0.1) is 0 Å². The number of hydrogen-bond acceptors (Lipinski definition) is 3. The molecule has 0 aliphatic heterocycles. The third-order valence-electron chi connectivity index (χ3n) is 4.02. The van der Waals surface area contributed by atoms with Crippen LogP contribution >= 0.6 is 0 Å². The van der Waals surface area contributed by atoms with Crippen molar-refractivity contribution in [1.82, 2.24) is 10.3 Å². The molecule has 0 aliphatic carbocycles. The zero-order valence-corrected chi connectivity index (χ0v) is 13.3. The molecule has 0 aliphatic rings. The maximum Gasteiger partial charge on any atom is 0.270 e. The molecule has 0 spiro atoms. The standard InChI is InChI=1S/C20H18N2O2/c1-21-19(23)18-17(13-8-14-22-18)20(24,15-9-4-2-5-10-15)16-11-6-3-7-12-16/h2-14,24H,1H3,(H,21,23). The summed E-state index contributed by atoms with van der Waals surface area (Å²) in [5.41, 5.74) is 0.527. The maximum atomic E-state index is 12.3. The molecule has 4 nitrogen and oxygen atoms in total. The Morgan fingerprint density at radius 1 is 0.917 bits per heavy atom. The number of amides is 1. The monoisotopic (exact) mass is 318 g/mol. The first-order valence-corrected chi connectivity index (χ1v) is 7.69. The average Bonchev–Trinajstić information content (AvgIpc) is 2.68. The highest BCUT2D eigenvalue weighted by molar-refractivity contribution is 5.94. The Balaban J connectivity index is 2.31. The summed E-state index contributed by atoms with van der Waals surface area (Å²) in [5.74, 6) is -0.337. The number of aliphatic hydroxyl groups is 1. The lowest BCUT2D eigenvalue weighted by Crippen LogP contribution is -2.33. The number of carbonyl (C=O) groups excluding carboxylic acids is 1. The number of aromatic nitrogens is 1. The molecule has 0 bridgehead atoms. The highest BCUT2D eigenvalue weighted by atomic mass is 16.3. The van der Waals surface area contributed by atoms with Gasteiger partial charge < -0.3 is 10.4 Å². The fourth-order valence-electron chi connectivity index (χ4n) is 2.83. The second-order valence-electron chi connectivity index (χ2n) is 5.42. The van der Waals surface area contributed by atoms with E-state index in [0.717, 1.165) is 0 Å². The van der Waals surface area contributed by atoms with E-state index in [0.29, 0.717) is 16.7 Å². The van der Waals surface area contributed by atoms with Crippen molar-refractivity contribution in [3.05, 3.63) is 101 Å². The van der Waals surface area contributed by atoms with Crippen molar-refractivity contribution in [2.75, 3.05) is 7.05 Å². The molecule has 0 fully saturated rings. The predicted octanol–water partition coefficient (Wildman–Crippen LogP) is 2.73. The fraction of sp³-hybridized carbons (Fsp3) is 0.100. The summed E-state index contributed by atoms with van der Waals surface area (Å²) in [6.07, 6.45) is 1.55. The van der Waals surface area contributed by atoms with Crippen LogP contribution in [0.25, 0.3) is 0 Å². The highest BCUT2D eigenvalue weighted by Crippen LogP contribution is 2.37. The van der Waals surface area contributed by atoms with Crippen molar-refractivity contribution >= 4 is 5.91 Å². The van der Waals surface area contributed by atoms with Crippen molar-refractivity contribution in [3.8, 4) is 0 Å². The van der Waals surface area contributed by atoms with Crippen LogP contribution in [-0.2, 0) is 5.60 Å². The lowest BCUT2D eigenvalue weighted by atomic mass is 9.79. The third kappa shape index (κ3) is 2.68. The van der Waals surface area contributed by atoms with Crippen LogP contribution in [0.3, 0.4) is 0 Å². The first kappa shape index (κ1) is 15.9. The third-order valence-corrected chi connectivity index (χ3v) is 4.02. The van der Waals surface area contributed by atoms with Crippen molar-refractivity contribution in [3.63, 3.8) is 0 Å². The van der Waals surface area contributed by atoms with E-state index in [1.807, 2.05) is 60.7 Å². The molecular weight excluding hydrogens is 300 g/mol. The Morgan fingerprint density at radius 2 is 1.46 bits per heavy atom. The number of pyridine rings is 1. The number of benzene rings is 2. The SMILES string of the molecule is CNC(=O)c1ncccc1C(O)(c1ccccc1)c1ccccc1. The Labute approximate surface area is 140 Å². The summed E-state index contributed by atoms with van der Waals surface area (Å²) in [4.78, 5) is 16.5. The summed E-state index contributed by atoms with van der Waals surface area (Å²) in [7, 11) is 1.55. The molecule has 2 N–H and O–H groups in total. The Morgan fingerprint density at radius 3 is 1.96 bits per heavy atom. The molecule has 0 unspecified atom stereocenters. The minimum atomic E-state index is -1.47. The minimum Gasteiger partial charge on any atom is -0.376 e. The summed E-state index contributed by atoms with van der Waals surface area (Å²) in [6, 6.07) is 22.0. The number of hydrogen-bond donors (Lipinski definition) is 2. The number of carbonyl (C=O) groups is 1. The summed E-state index contributed by atoms with van der Waals surface area (Å²) in [5, 5.41) is 14.3. The van der Waals surface area contributed by atoms with Crippen LogP contribution in [0.1, 0.15) is 27.2 Å². The van der Waals surface area contributed by atoms with Crippen LogP contribution < -0.4 is 5.32 Å². The van der Waals surface area contributed by atoms with Gasteiger partial charge in [-0.15, -0.1) is 0 Å². The molecule has 4 heteroatoms. The lowest BCUT2D eigenvalue weighted by molar-refractivity contribution is 0.0933. The molecular formula is C20H18N2O2. The maximum absolute atomic E-state index is 12.3. The van der Waals surface area contributed by atoms with Crippen LogP contribution in [0.5, 0.6) is 0 Å². The molecule has 3 rings (SSSR count). The predicted molar refractivity (Wildman–Crippen MR) is 92.6 cm³/mol. The molecule has 0 saturated heterocycles. The van der Waals surface area contributed by atoms with E-state index in [-0.39, 0.29) is 11.6 Å². The quantitative estimate of drug-likeness (QED) is 0.777. The van der Waals surface area contributed by atoms with Gasteiger partial charge in [0.2, 0.25) is 0 Å². The summed E-state index contributed by atoms with van der Waals surface area (Å²) in [6.45, 7) is 0. The molecule has 0 atom stereocenters. The molecule has 0 radical (unpaired) electrons. The van der Waals surface area contributed by atoms with E-state index in [9.17, 15) is 9.90 Å². The zero-order valence-electron chi connectivity index (χ0n) is 13.3. The molecule has 1 aromatic heterocycles. The average molecular weight is 318 g/mol. The largest absolute Gasteiger partial charge is 0.376 e. The topological polar surface area (TPSA) is 62.2 Å². The van der Waals surface area contributed by atoms with E-state index >= 15 is 0 Å². The Bertz CT molecular complexity index is 793. The molecule has 24 heavy (non-hydrogen) atoms. The van der Waals surface area contributed by atoms with Crippen molar-refractivity contribution in [1.29, 1.82) is 0 Å². The van der Waals surface area contributed by atoms with E-state index in [2.05, 4.69) is 10.3 Å². The minimum absolute atomic E-state index is 0.204. The molecule has 2 aromatic carbocycles. The highest BCUT2D eigenvalue weighted by Gasteiger charge is 2.37. The Hall–Kier alpha value is -2.98. The van der Waals surface area contributed by atoms with E-state index in [1.165, 1.54) is 0 Å². The second kappa shape index (κ2) is 6.64. The lowest BCUT2D eigenvalue weighted by Gasteiger charge is -2.31. The van der Waals surface area contributed by atoms with Gasteiger partial charge in [0.15, 0.2) is 0 Å². The van der Waals surface area contributed by atoms with Crippen LogP contribution in [0.2, 0.25) is 0 Å². The Kier molecular flexibility index (Phi) is 4.40. The van der Waals surface area contributed by atoms with Gasteiger partial charge in [0.25, 0.3) is 5.91 Å². The van der Waals surface area contributed by atoms with Gasteiger partial charge in [0, 0.05) is 18.8 Å². The van der Waals surface area contributed by atoms with Gasteiger partial charge in [0.1, 0.15) is 11.3 Å². The molecule has 3 aromatic rings. The molecule has 0 saturated carbocycles. The normalized spacial score (nSPS) is 11.1. The van der Waals surface area contributed by atoms with Crippen molar-refractivity contribution in [2.24, 2.45) is 0 Å². The van der Waals surface area contributed by atoms with E-state index in [4.69, 9.17) is 0 Å². The first-order valence-electron chi connectivity index (χ1n) is 7.69. The molecule has 120 valence electrons. The van der Waals surface area contributed by atoms with Gasteiger partial charge in [0.05, 0.1) is 0 Å². The number of rotatable bonds is 4. The van der Waals surface area contributed by atoms with Crippen LogP contribution in [0.4, 0.5) is 0 Å². The van der Waals surface area contributed by atoms with Crippen molar-refractivity contribution < 1.29 is 9.90 Å².